The van der Waals surface area contributed by atoms with Gasteiger partial charge in [-0.25, -0.2) is 8.42 Å². The van der Waals surface area contributed by atoms with Crippen LogP contribution in [0.2, 0.25) is 0 Å². The SMILES string of the molecule is CC(C)(C)c1ccc(S(=O)(=O)N2CCC(CN3CCOCC3)CC2)cc1. The highest BCUT2D eigenvalue weighted by Crippen LogP contribution is 2.27. The second kappa shape index (κ2) is 7.97. The first kappa shape index (κ1) is 19.8. The van der Waals surface area contributed by atoms with Crippen LogP contribution in [0.25, 0.3) is 0 Å². The number of hydrogen-bond donors (Lipinski definition) is 0. The molecule has 3 rings (SSSR count). The molecule has 0 spiro atoms. The first-order chi connectivity index (χ1) is 12.3. The molecular formula is C20H32N2O3S. The highest BCUT2D eigenvalue weighted by atomic mass is 32.2. The number of sulfonamides is 1. The molecule has 0 unspecified atom stereocenters. The number of nitrogens with zero attached hydrogens (tertiary/aromatic N) is 2. The number of rotatable bonds is 4. The van der Waals surface area contributed by atoms with Crippen LogP contribution in [0.3, 0.4) is 0 Å². The fourth-order valence-corrected chi connectivity index (χ4v) is 5.23. The van der Waals surface area contributed by atoms with Gasteiger partial charge in [0.1, 0.15) is 0 Å². The Balaban J connectivity index is 1.59. The summed E-state index contributed by atoms with van der Waals surface area (Å²) in [5, 5.41) is 0. The average molecular weight is 381 g/mol. The number of piperidine rings is 1. The summed E-state index contributed by atoms with van der Waals surface area (Å²) in [5.74, 6) is 0.586. The molecule has 0 saturated carbocycles. The van der Waals surface area contributed by atoms with Crippen molar-refractivity contribution in [1.29, 1.82) is 0 Å². The molecule has 1 aromatic rings. The molecule has 0 aliphatic carbocycles. The fourth-order valence-electron chi connectivity index (χ4n) is 3.76. The van der Waals surface area contributed by atoms with Gasteiger partial charge in [-0.2, -0.15) is 4.31 Å². The third kappa shape index (κ3) is 4.66. The maximum Gasteiger partial charge on any atom is 0.243 e. The molecule has 0 atom stereocenters. The van der Waals surface area contributed by atoms with E-state index in [0.717, 1.165) is 51.3 Å². The Morgan fingerprint density at radius 2 is 1.58 bits per heavy atom. The zero-order valence-corrected chi connectivity index (χ0v) is 17.1. The number of morpholine rings is 1. The van der Waals surface area contributed by atoms with E-state index < -0.39 is 10.0 Å². The third-order valence-corrected chi connectivity index (χ3v) is 7.46. The quantitative estimate of drug-likeness (QED) is 0.806. The Bertz CT molecular complexity index is 681. The number of hydrogen-bond acceptors (Lipinski definition) is 4. The van der Waals surface area contributed by atoms with Crippen molar-refractivity contribution in [2.75, 3.05) is 45.9 Å². The van der Waals surface area contributed by atoms with Crippen LogP contribution in [-0.4, -0.2) is 63.6 Å². The van der Waals surface area contributed by atoms with Crippen molar-refractivity contribution in [3.05, 3.63) is 29.8 Å². The standard InChI is InChI=1S/C20H32N2O3S/c1-20(2,3)18-4-6-19(7-5-18)26(23,24)22-10-8-17(9-11-22)16-21-12-14-25-15-13-21/h4-7,17H,8-16H2,1-3H3. The number of benzene rings is 1. The van der Waals surface area contributed by atoms with Crippen LogP contribution < -0.4 is 0 Å². The predicted molar refractivity (Wildman–Crippen MR) is 104 cm³/mol. The van der Waals surface area contributed by atoms with Crippen LogP contribution in [0.1, 0.15) is 39.2 Å². The molecule has 2 saturated heterocycles. The summed E-state index contributed by atoms with van der Waals surface area (Å²) in [5.41, 5.74) is 1.18. The van der Waals surface area contributed by atoms with E-state index in [-0.39, 0.29) is 5.41 Å². The number of ether oxygens (including phenoxy) is 1. The van der Waals surface area contributed by atoms with Crippen LogP contribution in [0.15, 0.2) is 29.2 Å². The second-order valence-electron chi connectivity index (χ2n) is 8.53. The van der Waals surface area contributed by atoms with Crippen molar-refractivity contribution in [3.63, 3.8) is 0 Å². The van der Waals surface area contributed by atoms with E-state index in [1.807, 2.05) is 12.1 Å². The topological polar surface area (TPSA) is 49.9 Å². The Morgan fingerprint density at radius 1 is 1.00 bits per heavy atom. The van der Waals surface area contributed by atoms with Crippen molar-refractivity contribution >= 4 is 10.0 Å². The minimum absolute atomic E-state index is 0.0279. The van der Waals surface area contributed by atoms with Crippen LogP contribution in [0.4, 0.5) is 0 Å². The van der Waals surface area contributed by atoms with Gasteiger partial charge in [-0.1, -0.05) is 32.9 Å². The molecule has 2 aliphatic heterocycles. The molecule has 5 nitrogen and oxygen atoms in total. The molecule has 0 bridgehead atoms. The van der Waals surface area contributed by atoms with Crippen molar-refractivity contribution in [1.82, 2.24) is 9.21 Å². The summed E-state index contributed by atoms with van der Waals surface area (Å²) in [6, 6.07) is 7.40. The Hall–Kier alpha value is -0.950. The van der Waals surface area contributed by atoms with Gasteiger partial charge in [-0.3, -0.25) is 4.90 Å². The first-order valence-corrected chi connectivity index (χ1v) is 11.1. The zero-order chi connectivity index (χ0) is 18.8. The Kier molecular flexibility index (Phi) is 6.07. The molecule has 146 valence electrons. The molecule has 0 aromatic heterocycles. The first-order valence-electron chi connectivity index (χ1n) is 9.67. The zero-order valence-electron chi connectivity index (χ0n) is 16.3. The lowest BCUT2D eigenvalue weighted by molar-refractivity contribution is 0.0269. The van der Waals surface area contributed by atoms with Gasteiger partial charge < -0.3 is 4.74 Å². The molecule has 2 fully saturated rings. The molecule has 0 N–H and O–H groups in total. The van der Waals surface area contributed by atoms with Gasteiger partial charge >= 0.3 is 0 Å². The van der Waals surface area contributed by atoms with Gasteiger partial charge in [0.05, 0.1) is 18.1 Å². The third-order valence-electron chi connectivity index (χ3n) is 5.55. The van der Waals surface area contributed by atoms with E-state index in [9.17, 15) is 8.42 Å². The fraction of sp³-hybridized carbons (Fsp3) is 0.700. The largest absolute Gasteiger partial charge is 0.379 e. The van der Waals surface area contributed by atoms with E-state index in [2.05, 4.69) is 25.7 Å². The Morgan fingerprint density at radius 3 is 2.12 bits per heavy atom. The minimum atomic E-state index is -3.38. The summed E-state index contributed by atoms with van der Waals surface area (Å²) in [7, 11) is -3.38. The van der Waals surface area contributed by atoms with Crippen molar-refractivity contribution in [3.8, 4) is 0 Å². The van der Waals surface area contributed by atoms with Gasteiger partial charge in [0.2, 0.25) is 10.0 Å². The Labute approximate surface area is 158 Å². The van der Waals surface area contributed by atoms with E-state index in [4.69, 9.17) is 4.74 Å². The van der Waals surface area contributed by atoms with Crippen molar-refractivity contribution in [2.45, 2.75) is 43.9 Å². The summed E-state index contributed by atoms with van der Waals surface area (Å²) in [4.78, 5) is 2.86. The van der Waals surface area contributed by atoms with Gasteiger partial charge in [-0.15, -0.1) is 0 Å². The van der Waals surface area contributed by atoms with E-state index >= 15 is 0 Å². The lowest BCUT2D eigenvalue weighted by Crippen LogP contribution is -2.44. The summed E-state index contributed by atoms with van der Waals surface area (Å²) in [6.45, 7) is 12.3. The molecule has 2 heterocycles. The smallest absolute Gasteiger partial charge is 0.243 e. The van der Waals surface area contributed by atoms with Crippen molar-refractivity contribution < 1.29 is 13.2 Å². The lowest BCUT2D eigenvalue weighted by Gasteiger charge is -2.35. The summed E-state index contributed by atoms with van der Waals surface area (Å²) < 4.78 is 32.9. The van der Waals surface area contributed by atoms with Crippen LogP contribution in [0, 0.1) is 5.92 Å². The molecule has 1 aromatic carbocycles. The van der Waals surface area contributed by atoms with Gasteiger partial charge in [0, 0.05) is 32.7 Å². The van der Waals surface area contributed by atoms with Crippen LogP contribution in [0.5, 0.6) is 0 Å². The maximum atomic E-state index is 12.9. The average Bonchev–Trinajstić information content (AvgIpc) is 2.62. The summed E-state index contributed by atoms with van der Waals surface area (Å²) >= 11 is 0. The minimum Gasteiger partial charge on any atom is -0.379 e. The highest BCUT2D eigenvalue weighted by molar-refractivity contribution is 7.89. The van der Waals surface area contributed by atoms with Crippen LogP contribution in [-0.2, 0) is 20.2 Å². The maximum absolute atomic E-state index is 12.9. The van der Waals surface area contributed by atoms with E-state index in [0.29, 0.717) is 23.9 Å². The van der Waals surface area contributed by atoms with Gasteiger partial charge in [0.25, 0.3) is 0 Å². The molecule has 0 amide bonds. The van der Waals surface area contributed by atoms with Gasteiger partial charge in [-0.05, 0) is 41.9 Å². The highest BCUT2D eigenvalue weighted by Gasteiger charge is 2.30. The van der Waals surface area contributed by atoms with Crippen molar-refractivity contribution in [2.24, 2.45) is 5.92 Å². The normalized spacial score (nSPS) is 21.8. The monoisotopic (exact) mass is 380 g/mol. The summed E-state index contributed by atoms with van der Waals surface area (Å²) in [6.07, 6.45) is 1.88. The van der Waals surface area contributed by atoms with E-state index in [1.165, 1.54) is 0 Å². The molecule has 2 aliphatic rings. The predicted octanol–water partition coefficient (Wildman–Crippen LogP) is 2.72. The van der Waals surface area contributed by atoms with Crippen LogP contribution >= 0.6 is 0 Å². The second-order valence-corrected chi connectivity index (χ2v) is 10.5. The molecular weight excluding hydrogens is 348 g/mol. The van der Waals surface area contributed by atoms with E-state index in [1.54, 1.807) is 16.4 Å². The molecule has 0 radical (unpaired) electrons. The lowest BCUT2D eigenvalue weighted by atomic mass is 9.87. The molecule has 6 heteroatoms. The molecule has 26 heavy (non-hydrogen) atoms. The van der Waals surface area contributed by atoms with Gasteiger partial charge in [0.15, 0.2) is 0 Å².